The molecule has 29 heavy (non-hydrogen) atoms. The van der Waals surface area contributed by atoms with Crippen molar-refractivity contribution in [2.24, 2.45) is 0 Å². The van der Waals surface area contributed by atoms with Gasteiger partial charge in [0.15, 0.2) is 0 Å². The summed E-state index contributed by atoms with van der Waals surface area (Å²) in [6.07, 6.45) is 0. The van der Waals surface area contributed by atoms with E-state index in [4.69, 9.17) is 0 Å². The standard InChI is InChI=1S/4C4H7NO2.Hf/c4*1-3(6)5-4(2)7;/h4*1-2H3,(H,5,6,7);. The Morgan fingerprint density at radius 3 is 0.379 bits per heavy atom. The van der Waals surface area contributed by atoms with Crippen molar-refractivity contribution in [2.75, 3.05) is 0 Å². The molecule has 0 saturated heterocycles. The quantitative estimate of drug-likeness (QED) is 0.253. The third-order valence-corrected chi connectivity index (χ3v) is 1.41. The van der Waals surface area contributed by atoms with Crippen LogP contribution in [-0.4, -0.2) is 47.3 Å². The maximum Gasteiger partial charge on any atom is 0.223 e. The molecule has 0 rings (SSSR count). The summed E-state index contributed by atoms with van der Waals surface area (Å²) in [4.78, 5) is 79.4. The number of carbonyl (C=O) groups excluding carboxylic acids is 8. The zero-order valence-electron chi connectivity index (χ0n) is 17.8. The van der Waals surface area contributed by atoms with Gasteiger partial charge in [0.05, 0.1) is 0 Å². The van der Waals surface area contributed by atoms with E-state index in [-0.39, 0.29) is 73.1 Å². The molecule has 0 unspecified atom stereocenters. The Labute approximate surface area is 188 Å². The van der Waals surface area contributed by atoms with Crippen molar-refractivity contribution in [1.82, 2.24) is 21.3 Å². The fourth-order valence-electron chi connectivity index (χ4n) is 0.992. The summed E-state index contributed by atoms with van der Waals surface area (Å²) in [5, 5.41) is 8.11. The average Bonchev–Trinajstić information content (AvgIpc) is 2.32. The van der Waals surface area contributed by atoms with Crippen molar-refractivity contribution in [3.8, 4) is 0 Å². The van der Waals surface area contributed by atoms with Gasteiger partial charge in [-0.25, -0.2) is 0 Å². The Morgan fingerprint density at radius 1 is 0.310 bits per heavy atom. The Balaban J connectivity index is -0.0000000873. The van der Waals surface area contributed by atoms with Gasteiger partial charge in [-0.15, -0.1) is 0 Å². The normalized spacial score (nSPS) is 7.45. The topological polar surface area (TPSA) is 185 Å². The minimum atomic E-state index is -0.312. The molecule has 0 aromatic rings. The minimum absolute atomic E-state index is 0. The summed E-state index contributed by atoms with van der Waals surface area (Å²) in [6.45, 7) is 10.3. The largest absolute Gasteiger partial charge is 0.297 e. The van der Waals surface area contributed by atoms with Crippen molar-refractivity contribution in [3.63, 3.8) is 0 Å². The average molecular weight is 583 g/mol. The van der Waals surface area contributed by atoms with Crippen LogP contribution in [0.15, 0.2) is 0 Å². The van der Waals surface area contributed by atoms with Crippen LogP contribution >= 0.6 is 0 Å². The molecule has 0 spiro atoms. The first kappa shape index (κ1) is 37.2. The van der Waals surface area contributed by atoms with E-state index in [0.29, 0.717) is 0 Å². The van der Waals surface area contributed by atoms with Crippen LogP contribution in [0.3, 0.4) is 0 Å². The molecule has 0 radical (unpaired) electrons. The molecule has 0 aliphatic rings. The molecule has 0 fully saturated rings. The van der Waals surface area contributed by atoms with Gasteiger partial charge in [-0.2, -0.15) is 0 Å². The van der Waals surface area contributed by atoms with Gasteiger partial charge in [-0.1, -0.05) is 0 Å². The van der Waals surface area contributed by atoms with Crippen molar-refractivity contribution in [2.45, 2.75) is 55.4 Å². The number of nitrogens with one attached hydrogen (secondary N) is 4. The summed E-state index contributed by atoms with van der Waals surface area (Å²) in [6, 6.07) is 0. The molecule has 0 heterocycles. The van der Waals surface area contributed by atoms with Crippen LogP contribution in [0.4, 0.5) is 0 Å². The summed E-state index contributed by atoms with van der Waals surface area (Å²) >= 11 is 0. The molecule has 0 bridgehead atoms. The predicted octanol–water partition coefficient (Wildman–Crippen LogP) is -1.33. The molecule has 12 nitrogen and oxygen atoms in total. The van der Waals surface area contributed by atoms with Gasteiger partial charge in [0, 0.05) is 81.2 Å². The Kier molecular flexibility index (Phi) is 30.1. The zero-order chi connectivity index (χ0) is 23.4. The third-order valence-electron chi connectivity index (χ3n) is 1.41. The van der Waals surface area contributed by atoms with Crippen molar-refractivity contribution >= 4 is 47.3 Å². The maximum absolute atomic E-state index is 9.92. The molecule has 0 aliphatic heterocycles. The number of imide groups is 4. The molecule has 0 aliphatic carbocycles. The van der Waals surface area contributed by atoms with Crippen LogP contribution in [0.2, 0.25) is 0 Å². The molecule has 0 aromatic heterocycles. The smallest absolute Gasteiger partial charge is 0.223 e. The first-order valence-corrected chi connectivity index (χ1v) is 7.63. The van der Waals surface area contributed by atoms with Gasteiger partial charge >= 0.3 is 0 Å². The first-order chi connectivity index (χ1) is 12.5. The van der Waals surface area contributed by atoms with Crippen molar-refractivity contribution in [3.05, 3.63) is 0 Å². The van der Waals surface area contributed by atoms with Gasteiger partial charge in [0.2, 0.25) is 47.3 Å². The number of hydrogen-bond donors (Lipinski definition) is 4. The molecule has 0 saturated carbocycles. The van der Waals surface area contributed by atoms with Crippen LogP contribution in [0.5, 0.6) is 0 Å². The second kappa shape index (κ2) is 23.5. The van der Waals surface area contributed by atoms with E-state index in [1.165, 1.54) is 55.4 Å². The van der Waals surface area contributed by atoms with Gasteiger partial charge in [-0.3, -0.25) is 59.6 Å². The summed E-state index contributed by atoms with van der Waals surface area (Å²) in [5.41, 5.74) is 0. The number of carbonyl (C=O) groups is 8. The van der Waals surface area contributed by atoms with Crippen LogP contribution in [0, 0.1) is 0 Å². The molecule has 13 heteroatoms. The number of hydrogen-bond acceptors (Lipinski definition) is 8. The molecule has 0 atom stereocenters. The van der Waals surface area contributed by atoms with Crippen molar-refractivity contribution < 1.29 is 64.2 Å². The molecule has 8 amide bonds. The third kappa shape index (κ3) is 77.4. The van der Waals surface area contributed by atoms with Gasteiger partial charge < -0.3 is 0 Å². The zero-order valence-corrected chi connectivity index (χ0v) is 21.4. The second-order valence-electron chi connectivity index (χ2n) is 4.95. The van der Waals surface area contributed by atoms with Crippen LogP contribution < -0.4 is 21.3 Å². The minimum Gasteiger partial charge on any atom is -0.297 e. The van der Waals surface area contributed by atoms with Crippen molar-refractivity contribution in [1.29, 1.82) is 0 Å². The molecular weight excluding hydrogens is 555 g/mol. The van der Waals surface area contributed by atoms with E-state index in [9.17, 15) is 38.4 Å². The summed E-state index contributed by atoms with van der Waals surface area (Å²) in [7, 11) is 0. The second-order valence-corrected chi connectivity index (χ2v) is 4.95. The van der Waals surface area contributed by atoms with Crippen LogP contribution in [0.1, 0.15) is 55.4 Å². The van der Waals surface area contributed by atoms with E-state index in [1.807, 2.05) is 21.3 Å². The fraction of sp³-hybridized carbons (Fsp3) is 0.500. The van der Waals surface area contributed by atoms with Gasteiger partial charge in [0.1, 0.15) is 0 Å². The first-order valence-electron chi connectivity index (χ1n) is 7.63. The number of amides is 8. The predicted molar refractivity (Wildman–Crippen MR) is 98.0 cm³/mol. The summed E-state index contributed by atoms with van der Waals surface area (Å²) in [5.74, 6) is -2.50. The van der Waals surface area contributed by atoms with E-state index >= 15 is 0 Å². The SMILES string of the molecule is CC(=O)NC(C)=O.CC(=O)NC(C)=O.CC(=O)NC(C)=O.CC(=O)NC(C)=O.[Hf]. The Morgan fingerprint density at radius 2 is 0.379 bits per heavy atom. The molecule has 164 valence electrons. The van der Waals surface area contributed by atoms with Gasteiger partial charge in [-0.05, 0) is 0 Å². The Hall–Kier alpha value is -2.57. The molecule has 0 aromatic carbocycles. The van der Waals surface area contributed by atoms with Gasteiger partial charge in [0.25, 0.3) is 0 Å². The molecule has 4 N–H and O–H groups in total. The van der Waals surface area contributed by atoms with Crippen LogP contribution in [-0.2, 0) is 64.2 Å². The van der Waals surface area contributed by atoms with Crippen LogP contribution in [0.25, 0.3) is 0 Å². The van der Waals surface area contributed by atoms with E-state index < -0.39 is 0 Å². The summed E-state index contributed by atoms with van der Waals surface area (Å²) < 4.78 is 0. The fourth-order valence-corrected chi connectivity index (χ4v) is 0.992. The van der Waals surface area contributed by atoms with E-state index in [1.54, 1.807) is 0 Å². The van der Waals surface area contributed by atoms with E-state index in [2.05, 4.69) is 0 Å². The monoisotopic (exact) mass is 584 g/mol. The van der Waals surface area contributed by atoms with E-state index in [0.717, 1.165) is 0 Å². The molecular formula is C16H28HfN4O8. The number of rotatable bonds is 0. The Bertz CT molecular complexity index is 454. The maximum atomic E-state index is 9.92.